The van der Waals surface area contributed by atoms with Crippen LogP contribution in [0.4, 0.5) is 0 Å². The van der Waals surface area contributed by atoms with Gasteiger partial charge in [-0.05, 0) is 6.92 Å². The summed E-state index contributed by atoms with van der Waals surface area (Å²) >= 11 is 0. The van der Waals surface area contributed by atoms with Crippen LogP contribution in [0.5, 0.6) is 0 Å². The van der Waals surface area contributed by atoms with E-state index in [1.165, 1.54) is 24.9 Å². The van der Waals surface area contributed by atoms with Crippen molar-refractivity contribution in [3.8, 4) is 0 Å². The van der Waals surface area contributed by atoms with Crippen LogP contribution in [-0.2, 0) is 9.53 Å². The number of quaternary nitrogens is 1. The number of benzene rings is 1. The van der Waals surface area contributed by atoms with Crippen molar-refractivity contribution in [3.63, 3.8) is 0 Å². The Morgan fingerprint density at radius 3 is 2.89 bits per heavy atom. The van der Waals surface area contributed by atoms with Gasteiger partial charge in [-0.3, -0.25) is 4.79 Å². The van der Waals surface area contributed by atoms with Gasteiger partial charge in [0.2, 0.25) is 0 Å². The predicted molar refractivity (Wildman–Crippen MR) is 72.8 cm³/mol. The monoisotopic (exact) mass is 260 g/mol. The lowest BCUT2D eigenvalue weighted by Gasteiger charge is -2.21. The van der Waals surface area contributed by atoms with Crippen molar-refractivity contribution in [1.29, 1.82) is 0 Å². The largest absolute Gasteiger partial charge is 0.466 e. The molecule has 102 valence electrons. The Hall–Kier alpha value is -1.35. The van der Waals surface area contributed by atoms with E-state index in [2.05, 4.69) is 30.3 Å². The lowest BCUT2D eigenvalue weighted by molar-refractivity contribution is -0.930. The van der Waals surface area contributed by atoms with Crippen LogP contribution in [0.15, 0.2) is 30.3 Å². The molecule has 2 heterocycles. The van der Waals surface area contributed by atoms with Crippen LogP contribution in [-0.4, -0.2) is 25.2 Å². The van der Waals surface area contributed by atoms with E-state index in [0.717, 1.165) is 6.42 Å². The minimum absolute atomic E-state index is 0.0188. The van der Waals surface area contributed by atoms with Gasteiger partial charge >= 0.3 is 5.97 Å². The van der Waals surface area contributed by atoms with Crippen LogP contribution in [0.2, 0.25) is 0 Å². The summed E-state index contributed by atoms with van der Waals surface area (Å²) in [6.45, 7) is 3.58. The zero-order valence-electron chi connectivity index (χ0n) is 11.5. The molecule has 2 fully saturated rings. The van der Waals surface area contributed by atoms with Gasteiger partial charge in [-0.1, -0.05) is 30.3 Å². The molecule has 2 aliphatic rings. The molecule has 1 aromatic carbocycles. The maximum atomic E-state index is 12.1. The third-order valence-corrected chi connectivity index (χ3v) is 4.67. The van der Waals surface area contributed by atoms with Crippen molar-refractivity contribution in [2.75, 3.05) is 13.2 Å². The molecule has 3 heteroatoms. The molecule has 0 aromatic heterocycles. The number of rotatable bonds is 3. The number of carbonyl (C=O) groups is 1. The number of nitrogens with one attached hydrogen (secondary N) is 1. The lowest BCUT2D eigenvalue weighted by atomic mass is 9.94. The number of carbonyl (C=O) groups excluding carboxylic acids is 1. The van der Waals surface area contributed by atoms with E-state index in [1.807, 2.05) is 6.92 Å². The van der Waals surface area contributed by atoms with Crippen molar-refractivity contribution in [2.24, 2.45) is 5.92 Å². The molecular weight excluding hydrogens is 238 g/mol. The first-order chi connectivity index (χ1) is 9.31. The molecule has 1 unspecified atom stereocenters. The second kappa shape index (κ2) is 5.33. The highest BCUT2D eigenvalue weighted by Gasteiger charge is 2.51. The fraction of sp³-hybridized carbons (Fsp3) is 0.562. The number of esters is 1. The van der Waals surface area contributed by atoms with Gasteiger partial charge in [-0.15, -0.1) is 0 Å². The molecule has 3 nitrogen and oxygen atoms in total. The van der Waals surface area contributed by atoms with E-state index in [9.17, 15) is 4.79 Å². The van der Waals surface area contributed by atoms with Crippen molar-refractivity contribution in [3.05, 3.63) is 35.9 Å². The van der Waals surface area contributed by atoms with Gasteiger partial charge in [-0.25, -0.2) is 0 Å². The quantitative estimate of drug-likeness (QED) is 0.832. The van der Waals surface area contributed by atoms with Gasteiger partial charge in [0.1, 0.15) is 18.0 Å². The van der Waals surface area contributed by atoms with E-state index < -0.39 is 0 Å². The molecule has 0 amide bonds. The molecule has 0 bridgehead atoms. The molecule has 0 radical (unpaired) electrons. The molecule has 0 saturated carbocycles. The molecule has 2 aliphatic heterocycles. The second-order valence-corrected chi connectivity index (χ2v) is 5.63. The van der Waals surface area contributed by atoms with Crippen molar-refractivity contribution in [2.45, 2.75) is 38.3 Å². The summed E-state index contributed by atoms with van der Waals surface area (Å²) in [6.07, 6.45) is 3.35. The number of ether oxygens (including phenoxy) is 1. The Balaban J connectivity index is 1.82. The highest BCUT2D eigenvalue weighted by Crippen LogP contribution is 2.32. The highest BCUT2D eigenvalue weighted by atomic mass is 16.5. The predicted octanol–water partition coefficient (Wildman–Crippen LogP) is 1.36. The van der Waals surface area contributed by atoms with Gasteiger partial charge in [0, 0.05) is 24.8 Å². The number of hydrogen-bond acceptors (Lipinski definition) is 2. The van der Waals surface area contributed by atoms with Crippen molar-refractivity contribution < 1.29 is 14.4 Å². The molecule has 1 N–H and O–H groups in total. The summed E-state index contributed by atoms with van der Waals surface area (Å²) in [4.78, 5) is 13.7. The molecule has 19 heavy (non-hydrogen) atoms. The zero-order valence-corrected chi connectivity index (χ0v) is 11.5. The van der Waals surface area contributed by atoms with Gasteiger partial charge in [0.15, 0.2) is 0 Å². The Morgan fingerprint density at radius 2 is 2.16 bits per heavy atom. The van der Waals surface area contributed by atoms with Crippen LogP contribution >= 0.6 is 0 Å². The van der Waals surface area contributed by atoms with Crippen molar-refractivity contribution in [1.82, 2.24) is 0 Å². The Bertz CT molecular complexity index is 445. The first kappa shape index (κ1) is 12.7. The minimum atomic E-state index is 0.0188. The number of hydrogen-bond donors (Lipinski definition) is 1. The number of fused-ring (bicyclic) bond motifs is 1. The van der Waals surface area contributed by atoms with Crippen LogP contribution in [0.1, 0.15) is 37.8 Å². The van der Waals surface area contributed by atoms with E-state index in [-0.39, 0.29) is 11.9 Å². The van der Waals surface area contributed by atoms with Crippen molar-refractivity contribution >= 4 is 5.97 Å². The van der Waals surface area contributed by atoms with Crippen LogP contribution < -0.4 is 4.90 Å². The third-order valence-electron chi connectivity index (χ3n) is 4.67. The lowest BCUT2D eigenvalue weighted by Crippen LogP contribution is -3.12. The van der Waals surface area contributed by atoms with E-state index >= 15 is 0 Å². The molecule has 3 rings (SSSR count). The summed E-state index contributed by atoms with van der Waals surface area (Å²) in [5.74, 6) is 0.119. The normalized spacial score (nSPS) is 33.1. The Morgan fingerprint density at radius 1 is 1.37 bits per heavy atom. The van der Waals surface area contributed by atoms with E-state index in [0.29, 0.717) is 18.7 Å². The van der Waals surface area contributed by atoms with Crippen LogP contribution in [0.25, 0.3) is 0 Å². The fourth-order valence-corrected chi connectivity index (χ4v) is 3.90. The molecular formula is C16H22NO2+. The average molecular weight is 260 g/mol. The summed E-state index contributed by atoms with van der Waals surface area (Å²) in [7, 11) is 0. The second-order valence-electron chi connectivity index (χ2n) is 5.63. The van der Waals surface area contributed by atoms with Gasteiger partial charge in [-0.2, -0.15) is 0 Å². The molecule has 1 aromatic rings. The smallest absolute Gasteiger partial charge is 0.315 e. The fourth-order valence-electron chi connectivity index (χ4n) is 3.90. The standard InChI is InChI=1S/C16H21NO2/c1-2-19-16(18)13-11-15(12-7-4-3-5-8-12)17-10-6-9-14(13)17/h3-5,7-8,13-15H,2,6,9-11H2,1H3/p+1/t13-,14-,15+/m0/s1. The molecule has 4 atom stereocenters. The van der Waals surface area contributed by atoms with Crippen LogP contribution in [0.3, 0.4) is 0 Å². The highest BCUT2D eigenvalue weighted by molar-refractivity contribution is 5.73. The topological polar surface area (TPSA) is 30.7 Å². The van der Waals surface area contributed by atoms with Crippen LogP contribution in [0, 0.1) is 5.92 Å². The maximum Gasteiger partial charge on any atom is 0.315 e. The molecule has 2 saturated heterocycles. The van der Waals surface area contributed by atoms with E-state index in [1.54, 1.807) is 4.90 Å². The average Bonchev–Trinajstić information content (AvgIpc) is 3.01. The van der Waals surface area contributed by atoms with Gasteiger partial charge in [0.05, 0.1) is 13.2 Å². The zero-order chi connectivity index (χ0) is 13.2. The summed E-state index contributed by atoms with van der Waals surface area (Å²) in [6, 6.07) is 11.6. The maximum absolute atomic E-state index is 12.1. The first-order valence-electron chi connectivity index (χ1n) is 7.38. The summed E-state index contributed by atoms with van der Waals surface area (Å²) in [5.41, 5.74) is 1.37. The summed E-state index contributed by atoms with van der Waals surface area (Å²) < 4.78 is 5.27. The van der Waals surface area contributed by atoms with Gasteiger partial charge in [0.25, 0.3) is 0 Å². The SMILES string of the molecule is CCOC(=O)[C@H]1C[C@H](c2ccccc2)[NH+]2CCC[C@@H]12. The first-order valence-corrected chi connectivity index (χ1v) is 7.38. The minimum Gasteiger partial charge on any atom is -0.466 e. The third kappa shape index (κ3) is 2.27. The summed E-state index contributed by atoms with van der Waals surface area (Å²) in [5, 5.41) is 0. The van der Waals surface area contributed by atoms with Gasteiger partial charge < -0.3 is 9.64 Å². The molecule has 0 spiro atoms. The Labute approximate surface area is 114 Å². The van der Waals surface area contributed by atoms with E-state index in [4.69, 9.17) is 4.74 Å². The molecule has 0 aliphatic carbocycles. The Kier molecular flexibility index (Phi) is 3.56.